The van der Waals surface area contributed by atoms with Crippen molar-refractivity contribution in [3.8, 4) is 0 Å². The van der Waals surface area contributed by atoms with E-state index < -0.39 is 15.9 Å². The smallest absolute Gasteiger partial charge is 0.240 e. The third-order valence-corrected chi connectivity index (χ3v) is 6.18. The van der Waals surface area contributed by atoms with Gasteiger partial charge in [0.05, 0.1) is 11.9 Å². The van der Waals surface area contributed by atoms with Crippen LogP contribution in [0.2, 0.25) is 10.0 Å². The Morgan fingerprint density at radius 3 is 2.17 bits per heavy atom. The molecule has 0 saturated carbocycles. The highest BCUT2D eigenvalue weighted by molar-refractivity contribution is 7.92. The first kappa shape index (κ1) is 23.5. The fourth-order valence-electron chi connectivity index (χ4n) is 3.36. The standard InChI is InChI=1S/C21H26Cl2N2O3S/c1-15(13-21(2,3)16-8-6-5-7-9-16)24-20(26)14-25(29(4,27)28)19-11-17(22)10-18(23)12-19/h5-12,15H,13-14H2,1-4H3,(H,24,26). The molecule has 8 heteroatoms. The van der Waals surface area contributed by atoms with Crippen molar-refractivity contribution in [1.82, 2.24) is 5.32 Å². The molecule has 0 aliphatic carbocycles. The maximum absolute atomic E-state index is 12.6. The second kappa shape index (κ2) is 9.37. The largest absolute Gasteiger partial charge is 0.352 e. The molecule has 1 amide bonds. The number of anilines is 1. The van der Waals surface area contributed by atoms with Gasteiger partial charge in [-0.1, -0.05) is 67.4 Å². The van der Waals surface area contributed by atoms with E-state index in [4.69, 9.17) is 23.2 Å². The lowest BCUT2D eigenvalue weighted by atomic mass is 9.79. The van der Waals surface area contributed by atoms with E-state index in [-0.39, 0.29) is 23.7 Å². The zero-order valence-electron chi connectivity index (χ0n) is 16.9. The minimum atomic E-state index is -3.71. The van der Waals surface area contributed by atoms with Crippen molar-refractivity contribution in [2.24, 2.45) is 0 Å². The van der Waals surface area contributed by atoms with Crippen LogP contribution in [0, 0.1) is 0 Å². The lowest BCUT2D eigenvalue weighted by molar-refractivity contribution is -0.120. The Balaban J connectivity index is 2.10. The van der Waals surface area contributed by atoms with Gasteiger partial charge in [0.25, 0.3) is 0 Å². The van der Waals surface area contributed by atoms with Gasteiger partial charge in [-0.15, -0.1) is 0 Å². The number of nitrogens with zero attached hydrogens (tertiary/aromatic N) is 1. The van der Waals surface area contributed by atoms with Gasteiger partial charge in [-0.3, -0.25) is 9.10 Å². The van der Waals surface area contributed by atoms with Crippen molar-refractivity contribution >= 4 is 44.8 Å². The van der Waals surface area contributed by atoms with Crippen molar-refractivity contribution < 1.29 is 13.2 Å². The molecule has 0 aromatic heterocycles. The summed E-state index contributed by atoms with van der Waals surface area (Å²) < 4.78 is 25.5. The molecule has 1 N–H and O–H groups in total. The molecule has 0 bridgehead atoms. The van der Waals surface area contributed by atoms with Gasteiger partial charge in [-0.2, -0.15) is 0 Å². The van der Waals surface area contributed by atoms with E-state index >= 15 is 0 Å². The predicted octanol–water partition coefficient (Wildman–Crippen LogP) is 4.63. The maximum Gasteiger partial charge on any atom is 0.240 e. The van der Waals surface area contributed by atoms with Gasteiger partial charge in [0.1, 0.15) is 6.54 Å². The van der Waals surface area contributed by atoms with Crippen LogP contribution in [0.15, 0.2) is 48.5 Å². The number of halogens is 2. The zero-order chi connectivity index (χ0) is 21.8. The molecule has 29 heavy (non-hydrogen) atoms. The molecular formula is C21H26Cl2N2O3S. The third-order valence-electron chi connectivity index (χ3n) is 4.60. The lowest BCUT2D eigenvalue weighted by Crippen LogP contribution is -2.44. The molecule has 0 fully saturated rings. The molecular weight excluding hydrogens is 431 g/mol. The summed E-state index contributed by atoms with van der Waals surface area (Å²) >= 11 is 12.0. The van der Waals surface area contributed by atoms with Gasteiger partial charge in [-0.25, -0.2) is 8.42 Å². The Kier molecular flexibility index (Phi) is 7.60. The van der Waals surface area contributed by atoms with Crippen molar-refractivity contribution in [1.29, 1.82) is 0 Å². The second-order valence-corrected chi connectivity index (χ2v) is 10.6. The number of carbonyl (C=O) groups excluding carboxylic acids is 1. The average Bonchev–Trinajstić information content (AvgIpc) is 2.58. The molecule has 0 saturated heterocycles. The fraction of sp³-hybridized carbons (Fsp3) is 0.381. The summed E-state index contributed by atoms with van der Waals surface area (Å²) in [7, 11) is -3.71. The van der Waals surface area contributed by atoms with E-state index in [2.05, 4.69) is 31.3 Å². The summed E-state index contributed by atoms with van der Waals surface area (Å²) in [5, 5.41) is 3.48. The molecule has 2 rings (SSSR count). The van der Waals surface area contributed by atoms with E-state index in [0.717, 1.165) is 10.6 Å². The first-order chi connectivity index (χ1) is 13.4. The fourth-order valence-corrected chi connectivity index (χ4v) is 4.71. The number of hydrogen-bond donors (Lipinski definition) is 1. The zero-order valence-corrected chi connectivity index (χ0v) is 19.3. The Bertz CT molecular complexity index is 943. The Morgan fingerprint density at radius 2 is 1.66 bits per heavy atom. The predicted molar refractivity (Wildman–Crippen MR) is 120 cm³/mol. The molecule has 0 aliphatic rings. The van der Waals surface area contributed by atoms with E-state index in [0.29, 0.717) is 16.5 Å². The van der Waals surface area contributed by atoms with Crippen LogP contribution in [0.3, 0.4) is 0 Å². The molecule has 5 nitrogen and oxygen atoms in total. The van der Waals surface area contributed by atoms with Crippen LogP contribution in [-0.4, -0.2) is 33.2 Å². The topological polar surface area (TPSA) is 66.5 Å². The van der Waals surface area contributed by atoms with E-state index in [1.807, 2.05) is 25.1 Å². The van der Waals surface area contributed by atoms with Crippen molar-refractivity contribution in [2.75, 3.05) is 17.1 Å². The molecule has 2 aromatic rings. The van der Waals surface area contributed by atoms with Crippen molar-refractivity contribution in [3.05, 3.63) is 64.1 Å². The van der Waals surface area contributed by atoms with Gasteiger partial charge < -0.3 is 5.32 Å². The Morgan fingerprint density at radius 1 is 1.10 bits per heavy atom. The summed E-state index contributed by atoms with van der Waals surface area (Å²) in [6.45, 7) is 5.78. The summed E-state index contributed by atoms with van der Waals surface area (Å²) in [6.07, 6.45) is 1.74. The highest BCUT2D eigenvalue weighted by atomic mass is 35.5. The number of hydrogen-bond acceptors (Lipinski definition) is 3. The molecule has 0 aliphatic heterocycles. The highest BCUT2D eigenvalue weighted by Gasteiger charge is 2.26. The molecule has 0 spiro atoms. The van der Waals surface area contributed by atoms with Gasteiger partial charge in [0, 0.05) is 16.1 Å². The number of carbonyl (C=O) groups is 1. The highest BCUT2D eigenvalue weighted by Crippen LogP contribution is 2.29. The minimum Gasteiger partial charge on any atom is -0.352 e. The summed E-state index contributed by atoms with van der Waals surface area (Å²) in [5.74, 6) is -0.400. The van der Waals surface area contributed by atoms with Crippen LogP contribution in [0.25, 0.3) is 0 Å². The molecule has 1 unspecified atom stereocenters. The second-order valence-electron chi connectivity index (χ2n) is 7.82. The van der Waals surface area contributed by atoms with Crippen LogP contribution >= 0.6 is 23.2 Å². The van der Waals surface area contributed by atoms with E-state index in [9.17, 15) is 13.2 Å². The van der Waals surface area contributed by atoms with Gasteiger partial charge in [0.15, 0.2) is 0 Å². The van der Waals surface area contributed by atoms with Gasteiger partial charge in [-0.05, 0) is 42.5 Å². The quantitative estimate of drug-likeness (QED) is 0.629. The summed E-state index contributed by atoms with van der Waals surface area (Å²) in [6, 6.07) is 14.3. The number of sulfonamides is 1. The van der Waals surface area contributed by atoms with Gasteiger partial charge >= 0.3 is 0 Å². The Hall–Kier alpha value is -1.76. The van der Waals surface area contributed by atoms with Crippen LogP contribution in [0.1, 0.15) is 32.8 Å². The van der Waals surface area contributed by atoms with Crippen molar-refractivity contribution in [2.45, 2.75) is 38.6 Å². The summed E-state index contributed by atoms with van der Waals surface area (Å²) in [4.78, 5) is 12.6. The van der Waals surface area contributed by atoms with Crippen LogP contribution in [0.5, 0.6) is 0 Å². The van der Waals surface area contributed by atoms with Crippen molar-refractivity contribution in [3.63, 3.8) is 0 Å². The number of rotatable bonds is 8. The number of nitrogens with one attached hydrogen (secondary N) is 1. The maximum atomic E-state index is 12.6. The Labute approximate surface area is 183 Å². The minimum absolute atomic E-state index is 0.148. The normalized spacial score (nSPS) is 13.0. The number of benzene rings is 2. The SMILES string of the molecule is CC(CC(C)(C)c1ccccc1)NC(=O)CN(c1cc(Cl)cc(Cl)c1)S(C)(=O)=O. The monoisotopic (exact) mass is 456 g/mol. The molecule has 0 heterocycles. The van der Waals surface area contributed by atoms with Crippen LogP contribution < -0.4 is 9.62 Å². The van der Waals surface area contributed by atoms with Crippen LogP contribution in [-0.2, 0) is 20.2 Å². The molecule has 2 aromatic carbocycles. The summed E-state index contributed by atoms with van der Waals surface area (Å²) in [5.41, 5.74) is 1.27. The first-order valence-electron chi connectivity index (χ1n) is 9.17. The molecule has 1 atom stereocenters. The van der Waals surface area contributed by atoms with Crippen LogP contribution in [0.4, 0.5) is 5.69 Å². The number of amides is 1. The van der Waals surface area contributed by atoms with E-state index in [1.165, 1.54) is 23.8 Å². The first-order valence-corrected chi connectivity index (χ1v) is 11.8. The molecule has 0 radical (unpaired) electrons. The average molecular weight is 457 g/mol. The third kappa shape index (κ3) is 6.91. The lowest BCUT2D eigenvalue weighted by Gasteiger charge is -2.30. The molecule has 158 valence electrons. The van der Waals surface area contributed by atoms with Gasteiger partial charge in [0.2, 0.25) is 15.9 Å². The van der Waals surface area contributed by atoms with E-state index in [1.54, 1.807) is 0 Å².